The molecule has 0 bridgehead atoms. The maximum absolute atomic E-state index is 12.6. The van der Waals surface area contributed by atoms with Crippen molar-refractivity contribution in [3.8, 4) is 0 Å². The van der Waals surface area contributed by atoms with Gasteiger partial charge in [-0.2, -0.15) is 0 Å². The summed E-state index contributed by atoms with van der Waals surface area (Å²) in [5.74, 6) is 1.59. The van der Waals surface area contributed by atoms with Gasteiger partial charge in [0.2, 0.25) is 0 Å². The molecule has 1 amide bonds. The van der Waals surface area contributed by atoms with Crippen LogP contribution in [0.15, 0.2) is 30.6 Å². The zero-order valence-corrected chi connectivity index (χ0v) is 14.5. The molecule has 3 aromatic rings. The maximum atomic E-state index is 12.6. The summed E-state index contributed by atoms with van der Waals surface area (Å²) in [6.45, 7) is 2.61. The predicted molar refractivity (Wildman–Crippen MR) is 94.4 cm³/mol. The van der Waals surface area contributed by atoms with Gasteiger partial charge in [0.05, 0.1) is 11.1 Å². The van der Waals surface area contributed by atoms with Crippen LogP contribution in [0.25, 0.3) is 11.0 Å². The van der Waals surface area contributed by atoms with Crippen molar-refractivity contribution in [3.05, 3.63) is 47.8 Å². The second-order valence-electron chi connectivity index (χ2n) is 6.45. The molecule has 1 saturated carbocycles. The molecule has 0 atom stereocenters. The molecule has 0 aliphatic heterocycles. The summed E-state index contributed by atoms with van der Waals surface area (Å²) < 4.78 is 1.95. The second-order valence-corrected chi connectivity index (χ2v) is 6.45. The first kappa shape index (κ1) is 16.6. The molecule has 1 aliphatic rings. The van der Waals surface area contributed by atoms with E-state index in [-0.39, 0.29) is 24.5 Å². The third-order valence-electron chi connectivity index (χ3n) is 4.90. The van der Waals surface area contributed by atoms with E-state index < -0.39 is 0 Å². The van der Waals surface area contributed by atoms with Crippen molar-refractivity contribution in [3.63, 3.8) is 0 Å². The van der Waals surface area contributed by atoms with Crippen molar-refractivity contribution in [2.45, 2.75) is 44.9 Å². The fraction of sp³-hybridized carbons (Fsp3) is 0.389. The maximum Gasteiger partial charge on any atom is 0.253 e. The fourth-order valence-electron chi connectivity index (χ4n) is 3.50. The fourth-order valence-corrected chi connectivity index (χ4v) is 3.50. The first-order valence-electron chi connectivity index (χ1n) is 8.74. The quantitative estimate of drug-likeness (QED) is 0.719. The zero-order chi connectivity index (χ0) is 18.1. The van der Waals surface area contributed by atoms with Gasteiger partial charge in [0.1, 0.15) is 17.9 Å². The van der Waals surface area contributed by atoms with E-state index >= 15 is 0 Å². The number of aromatic nitrogens is 5. The minimum absolute atomic E-state index is 0.0963. The molecule has 26 heavy (non-hydrogen) atoms. The molecular formula is C18H20N6O2. The Morgan fingerprint density at radius 1 is 1.27 bits per heavy atom. The minimum atomic E-state index is -0.132. The first-order chi connectivity index (χ1) is 12.7. The third-order valence-corrected chi connectivity index (χ3v) is 4.90. The number of hydrogen-bond donors (Lipinski definition) is 2. The van der Waals surface area contributed by atoms with Crippen molar-refractivity contribution < 1.29 is 9.90 Å². The summed E-state index contributed by atoms with van der Waals surface area (Å²) in [6.07, 6.45) is 4.83. The molecule has 4 rings (SSSR count). The Morgan fingerprint density at radius 2 is 2.08 bits per heavy atom. The number of fused-ring (bicyclic) bond motifs is 1. The number of nitrogens with one attached hydrogen (secondary N) is 1. The Labute approximate surface area is 150 Å². The molecular weight excluding hydrogens is 332 g/mol. The highest BCUT2D eigenvalue weighted by Crippen LogP contribution is 2.36. The Kier molecular flexibility index (Phi) is 4.34. The van der Waals surface area contributed by atoms with Crippen LogP contribution in [0.4, 0.5) is 0 Å². The Hall–Kier alpha value is -2.87. The second kappa shape index (κ2) is 6.80. The van der Waals surface area contributed by atoms with E-state index in [9.17, 15) is 9.90 Å². The standard InChI is InChI=1S/C18H20N6O2/c1-2-24-15(10-25)22-23-17(24)11-8-12(9-11)21-18(26)13-4-3-5-14-16(13)20-7-6-19-14/h3-7,11-12,25H,2,8-10H2,1H3,(H,21,26). The highest BCUT2D eigenvalue weighted by Gasteiger charge is 2.35. The Morgan fingerprint density at radius 3 is 2.85 bits per heavy atom. The highest BCUT2D eigenvalue weighted by atomic mass is 16.3. The van der Waals surface area contributed by atoms with Crippen molar-refractivity contribution in [1.82, 2.24) is 30.0 Å². The smallest absolute Gasteiger partial charge is 0.253 e. The summed E-state index contributed by atoms with van der Waals surface area (Å²) in [5, 5.41) is 20.6. The van der Waals surface area contributed by atoms with E-state index in [1.165, 1.54) is 0 Å². The van der Waals surface area contributed by atoms with E-state index in [2.05, 4.69) is 25.5 Å². The van der Waals surface area contributed by atoms with Gasteiger partial charge in [-0.15, -0.1) is 10.2 Å². The van der Waals surface area contributed by atoms with Crippen molar-refractivity contribution in [2.24, 2.45) is 0 Å². The molecule has 0 radical (unpaired) electrons. The summed E-state index contributed by atoms with van der Waals surface area (Å²) in [6, 6.07) is 5.52. The van der Waals surface area contributed by atoms with Gasteiger partial charge in [-0.05, 0) is 31.9 Å². The van der Waals surface area contributed by atoms with Crippen LogP contribution in [0.1, 0.15) is 47.7 Å². The number of nitrogens with zero attached hydrogens (tertiary/aromatic N) is 5. The van der Waals surface area contributed by atoms with Crippen LogP contribution >= 0.6 is 0 Å². The first-order valence-corrected chi connectivity index (χ1v) is 8.74. The molecule has 1 aliphatic carbocycles. The van der Waals surface area contributed by atoms with Gasteiger partial charge in [0.25, 0.3) is 5.91 Å². The van der Waals surface area contributed by atoms with Crippen LogP contribution in [-0.2, 0) is 13.2 Å². The molecule has 2 N–H and O–H groups in total. The third kappa shape index (κ3) is 2.82. The normalized spacial score (nSPS) is 19.3. The molecule has 0 unspecified atom stereocenters. The lowest BCUT2D eigenvalue weighted by molar-refractivity contribution is 0.0908. The van der Waals surface area contributed by atoms with Crippen LogP contribution in [-0.4, -0.2) is 41.8 Å². The van der Waals surface area contributed by atoms with Crippen LogP contribution in [0.3, 0.4) is 0 Å². The average molecular weight is 352 g/mol. The van der Waals surface area contributed by atoms with Crippen LogP contribution in [0.5, 0.6) is 0 Å². The average Bonchev–Trinajstić information content (AvgIpc) is 3.06. The highest BCUT2D eigenvalue weighted by molar-refractivity contribution is 6.04. The van der Waals surface area contributed by atoms with E-state index in [0.717, 1.165) is 25.2 Å². The Balaban J connectivity index is 1.44. The number of carbonyl (C=O) groups is 1. The number of carbonyl (C=O) groups excluding carboxylic acids is 1. The van der Waals surface area contributed by atoms with Crippen molar-refractivity contribution in [1.29, 1.82) is 0 Å². The van der Waals surface area contributed by atoms with Crippen molar-refractivity contribution in [2.75, 3.05) is 0 Å². The van der Waals surface area contributed by atoms with Gasteiger partial charge in [0.15, 0.2) is 5.82 Å². The molecule has 1 aromatic carbocycles. The molecule has 134 valence electrons. The number of amides is 1. The SMILES string of the molecule is CCn1c(CO)nnc1C1CC(NC(=O)c2cccc3nccnc23)C1. The van der Waals surface area contributed by atoms with Crippen molar-refractivity contribution >= 4 is 16.9 Å². The van der Waals surface area contributed by atoms with E-state index in [4.69, 9.17) is 0 Å². The van der Waals surface area contributed by atoms with Crippen LogP contribution in [0.2, 0.25) is 0 Å². The van der Waals surface area contributed by atoms with E-state index in [1.54, 1.807) is 18.5 Å². The molecule has 1 fully saturated rings. The summed E-state index contributed by atoms with van der Waals surface area (Å²) >= 11 is 0. The number of rotatable bonds is 5. The topological polar surface area (TPSA) is 106 Å². The van der Waals surface area contributed by atoms with Gasteiger partial charge < -0.3 is 15.0 Å². The molecule has 2 heterocycles. The number of benzene rings is 1. The molecule has 8 heteroatoms. The number of hydrogen-bond acceptors (Lipinski definition) is 6. The van der Waals surface area contributed by atoms with Crippen LogP contribution in [0, 0.1) is 0 Å². The van der Waals surface area contributed by atoms with Crippen LogP contribution < -0.4 is 5.32 Å². The predicted octanol–water partition coefficient (Wildman–Crippen LogP) is 1.41. The molecule has 8 nitrogen and oxygen atoms in total. The van der Waals surface area contributed by atoms with Gasteiger partial charge >= 0.3 is 0 Å². The number of aliphatic hydroxyl groups excluding tert-OH is 1. The zero-order valence-electron chi connectivity index (χ0n) is 14.5. The molecule has 0 spiro atoms. The van der Waals surface area contributed by atoms with Gasteiger partial charge in [-0.1, -0.05) is 6.07 Å². The van der Waals surface area contributed by atoms with Gasteiger partial charge in [-0.3, -0.25) is 14.8 Å². The van der Waals surface area contributed by atoms with E-state index in [1.807, 2.05) is 23.6 Å². The molecule has 2 aromatic heterocycles. The summed E-state index contributed by atoms with van der Waals surface area (Å²) in [5.41, 5.74) is 1.86. The number of para-hydroxylation sites is 1. The Bertz CT molecular complexity index is 943. The number of aliphatic hydroxyl groups is 1. The lowest BCUT2D eigenvalue weighted by Crippen LogP contribution is -2.44. The minimum Gasteiger partial charge on any atom is -0.388 e. The summed E-state index contributed by atoms with van der Waals surface area (Å²) in [7, 11) is 0. The van der Waals surface area contributed by atoms with Gasteiger partial charge in [0, 0.05) is 30.9 Å². The molecule has 0 saturated heterocycles. The van der Waals surface area contributed by atoms with E-state index in [0.29, 0.717) is 22.4 Å². The largest absolute Gasteiger partial charge is 0.388 e. The van der Waals surface area contributed by atoms with Gasteiger partial charge in [-0.25, -0.2) is 0 Å². The lowest BCUT2D eigenvalue weighted by atomic mass is 9.79. The lowest BCUT2D eigenvalue weighted by Gasteiger charge is -2.35. The summed E-state index contributed by atoms with van der Waals surface area (Å²) in [4.78, 5) is 21.2. The monoisotopic (exact) mass is 352 g/mol.